The molecule has 1 saturated carbocycles. The SMILES string of the molecule is CN(Cc1cccs1)C(=O)NCC1(C(=O)O)CCCCC1. The Morgan fingerprint density at radius 3 is 2.67 bits per heavy atom. The van der Waals surface area contributed by atoms with Crippen LogP contribution in [0.1, 0.15) is 37.0 Å². The Morgan fingerprint density at radius 1 is 1.38 bits per heavy atom. The summed E-state index contributed by atoms with van der Waals surface area (Å²) >= 11 is 1.60. The third-order valence-corrected chi connectivity index (χ3v) is 5.02. The molecule has 1 fully saturated rings. The van der Waals surface area contributed by atoms with Crippen molar-refractivity contribution in [1.82, 2.24) is 10.2 Å². The van der Waals surface area contributed by atoms with E-state index in [0.29, 0.717) is 19.4 Å². The summed E-state index contributed by atoms with van der Waals surface area (Å²) in [6.45, 7) is 0.763. The zero-order chi connectivity index (χ0) is 15.3. The quantitative estimate of drug-likeness (QED) is 0.878. The van der Waals surface area contributed by atoms with Crippen LogP contribution in [0.15, 0.2) is 17.5 Å². The average molecular weight is 310 g/mol. The number of carboxylic acid groups (broad SMARTS) is 1. The van der Waals surface area contributed by atoms with Crippen LogP contribution < -0.4 is 5.32 Å². The molecule has 2 amide bonds. The maximum absolute atomic E-state index is 12.1. The van der Waals surface area contributed by atoms with Gasteiger partial charge in [0.25, 0.3) is 0 Å². The summed E-state index contributed by atoms with van der Waals surface area (Å²) < 4.78 is 0. The number of aliphatic carboxylic acids is 1. The topological polar surface area (TPSA) is 69.6 Å². The van der Waals surface area contributed by atoms with Gasteiger partial charge < -0.3 is 15.3 Å². The second kappa shape index (κ2) is 6.93. The van der Waals surface area contributed by atoms with Gasteiger partial charge >= 0.3 is 12.0 Å². The number of carbonyl (C=O) groups excluding carboxylic acids is 1. The number of urea groups is 1. The van der Waals surface area contributed by atoms with Crippen molar-refractivity contribution in [2.45, 2.75) is 38.6 Å². The first-order chi connectivity index (χ1) is 10.0. The second-order valence-corrected chi connectivity index (χ2v) is 6.77. The fourth-order valence-electron chi connectivity index (χ4n) is 2.78. The Bertz CT molecular complexity index is 481. The zero-order valence-electron chi connectivity index (χ0n) is 12.3. The molecule has 2 N–H and O–H groups in total. The van der Waals surface area contributed by atoms with Crippen LogP contribution in [-0.2, 0) is 11.3 Å². The molecule has 1 aliphatic carbocycles. The Kier molecular flexibility index (Phi) is 5.22. The van der Waals surface area contributed by atoms with Crippen LogP contribution in [0, 0.1) is 5.41 Å². The summed E-state index contributed by atoms with van der Waals surface area (Å²) in [5.74, 6) is -0.789. The first-order valence-electron chi connectivity index (χ1n) is 7.28. The number of carboxylic acids is 1. The summed E-state index contributed by atoms with van der Waals surface area (Å²) in [5, 5.41) is 14.3. The van der Waals surface area contributed by atoms with Crippen molar-refractivity contribution in [3.63, 3.8) is 0 Å². The van der Waals surface area contributed by atoms with E-state index in [2.05, 4.69) is 5.32 Å². The lowest BCUT2D eigenvalue weighted by atomic mass is 9.74. The van der Waals surface area contributed by atoms with Gasteiger partial charge in [-0.2, -0.15) is 0 Å². The monoisotopic (exact) mass is 310 g/mol. The van der Waals surface area contributed by atoms with Gasteiger partial charge in [-0.15, -0.1) is 11.3 Å². The van der Waals surface area contributed by atoms with Crippen molar-refractivity contribution in [1.29, 1.82) is 0 Å². The standard InChI is InChI=1S/C15H22N2O3S/c1-17(10-12-6-5-9-21-12)14(20)16-11-15(13(18)19)7-3-2-4-8-15/h5-6,9H,2-4,7-8,10-11H2,1H3,(H,16,20)(H,18,19). The Morgan fingerprint density at radius 2 is 2.10 bits per heavy atom. The maximum atomic E-state index is 12.1. The molecule has 1 heterocycles. The summed E-state index contributed by atoms with van der Waals surface area (Å²) in [5.41, 5.74) is -0.780. The van der Waals surface area contributed by atoms with Gasteiger partial charge in [0.05, 0.1) is 12.0 Å². The predicted molar refractivity (Wildman–Crippen MR) is 82.3 cm³/mol. The normalized spacial score (nSPS) is 17.2. The average Bonchev–Trinajstić information content (AvgIpc) is 2.98. The molecule has 0 radical (unpaired) electrons. The number of hydrogen-bond donors (Lipinski definition) is 2. The molecule has 5 nitrogen and oxygen atoms in total. The minimum absolute atomic E-state index is 0.213. The number of carbonyl (C=O) groups is 2. The number of nitrogens with one attached hydrogen (secondary N) is 1. The van der Waals surface area contributed by atoms with E-state index in [0.717, 1.165) is 24.1 Å². The van der Waals surface area contributed by atoms with Crippen molar-refractivity contribution in [3.05, 3.63) is 22.4 Å². The molecule has 2 rings (SSSR count). The smallest absolute Gasteiger partial charge is 0.317 e. The minimum Gasteiger partial charge on any atom is -0.481 e. The van der Waals surface area contributed by atoms with Gasteiger partial charge in [-0.3, -0.25) is 4.79 Å². The first kappa shape index (κ1) is 15.8. The summed E-state index contributed by atoms with van der Waals surface area (Å²) in [6, 6.07) is 3.72. The van der Waals surface area contributed by atoms with E-state index >= 15 is 0 Å². The summed E-state index contributed by atoms with van der Waals surface area (Å²) in [7, 11) is 1.73. The van der Waals surface area contributed by atoms with Crippen molar-refractivity contribution >= 4 is 23.3 Å². The predicted octanol–water partition coefficient (Wildman–Crippen LogP) is 2.92. The van der Waals surface area contributed by atoms with Gasteiger partial charge in [0.15, 0.2) is 0 Å². The summed E-state index contributed by atoms with van der Waals surface area (Å²) in [6.07, 6.45) is 4.23. The van der Waals surface area contributed by atoms with Crippen LogP contribution in [-0.4, -0.2) is 35.6 Å². The molecule has 1 aromatic heterocycles. The highest BCUT2D eigenvalue weighted by molar-refractivity contribution is 7.09. The van der Waals surface area contributed by atoms with Crippen LogP contribution in [0.3, 0.4) is 0 Å². The van der Waals surface area contributed by atoms with E-state index in [1.54, 1.807) is 23.3 Å². The van der Waals surface area contributed by atoms with Crippen molar-refractivity contribution in [2.75, 3.05) is 13.6 Å². The minimum atomic E-state index is -0.789. The van der Waals surface area contributed by atoms with Gasteiger partial charge in [0.1, 0.15) is 0 Å². The van der Waals surface area contributed by atoms with Crippen LogP contribution >= 0.6 is 11.3 Å². The molecule has 0 atom stereocenters. The lowest BCUT2D eigenvalue weighted by Gasteiger charge is -2.33. The summed E-state index contributed by atoms with van der Waals surface area (Å²) in [4.78, 5) is 26.4. The zero-order valence-corrected chi connectivity index (χ0v) is 13.1. The van der Waals surface area contributed by atoms with Crippen molar-refractivity contribution in [2.24, 2.45) is 5.41 Å². The molecule has 0 bridgehead atoms. The van der Waals surface area contributed by atoms with Crippen molar-refractivity contribution < 1.29 is 14.7 Å². The number of nitrogens with zero attached hydrogens (tertiary/aromatic N) is 1. The molecule has 0 spiro atoms. The third kappa shape index (κ3) is 3.97. The Labute approximate surface area is 129 Å². The highest BCUT2D eigenvalue weighted by atomic mass is 32.1. The van der Waals surface area contributed by atoms with Crippen molar-refractivity contribution in [3.8, 4) is 0 Å². The van der Waals surface area contributed by atoms with E-state index < -0.39 is 11.4 Å². The molecule has 21 heavy (non-hydrogen) atoms. The van der Waals surface area contributed by atoms with Gasteiger partial charge in [-0.05, 0) is 24.3 Å². The molecular weight excluding hydrogens is 288 g/mol. The fourth-order valence-corrected chi connectivity index (χ4v) is 3.54. The fraction of sp³-hybridized carbons (Fsp3) is 0.600. The van der Waals surface area contributed by atoms with Crippen LogP contribution in [0.5, 0.6) is 0 Å². The van der Waals surface area contributed by atoms with E-state index in [1.165, 1.54) is 0 Å². The Balaban J connectivity index is 1.88. The number of hydrogen-bond acceptors (Lipinski definition) is 3. The molecule has 6 heteroatoms. The first-order valence-corrected chi connectivity index (χ1v) is 8.16. The highest BCUT2D eigenvalue weighted by Crippen LogP contribution is 2.36. The van der Waals surface area contributed by atoms with Crippen LogP contribution in [0.25, 0.3) is 0 Å². The van der Waals surface area contributed by atoms with E-state index in [-0.39, 0.29) is 12.6 Å². The third-order valence-electron chi connectivity index (χ3n) is 4.16. The lowest BCUT2D eigenvalue weighted by Crippen LogP contribution is -2.47. The van der Waals surface area contributed by atoms with Gasteiger partial charge in [-0.25, -0.2) is 4.79 Å². The number of rotatable bonds is 5. The van der Waals surface area contributed by atoms with E-state index in [1.807, 2.05) is 17.5 Å². The number of amides is 2. The van der Waals surface area contributed by atoms with Crippen LogP contribution in [0.4, 0.5) is 4.79 Å². The highest BCUT2D eigenvalue weighted by Gasteiger charge is 2.39. The van der Waals surface area contributed by atoms with E-state index in [4.69, 9.17) is 0 Å². The van der Waals surface area contributed by atoms with Gasteiger partial charge in [-0.1, -0.05) is 25.3 Å². The van der Waals surface area contributed by atoms with Gasteiger partial charge in [0.2, 0.25) is 0 Å². The Hall–Kier alpha value is -1.56. The molecule has 0 unspecified atom stereocenters. The molecule has 1 aliphatic rings. The second-order valence-electron chi connectivity index (χ2n) is 5.74. The van der Waals surface area contributed by atoms with Crippen LogP contribution in [0.2, 0.25) is 0 Å². The maximum Gasteiger partial charge on any atom is 0.317 e. The molecule has 0 saturated heterocycles. The molecule has 1 aromatic rings. The molecule has 0 aromatic carbocycles. The molecule has 116 valence electrons. The van der Waals surface area contributed by atoms with Gasteiger partial charge in [0, 0.05) is 18.5 Å². The lowest BCUT2D eigenvalue weighted by molar-refractivity contribution is -0.150. The largest absolute Gasteiger partial charge is 0.481 e. The van der Waals surface area contributed by atoms with E-state index in [9.17, 15) is 14.7 Å². The number of thiophene rings is 1. The molecular formula is C15H22N2O3S. The molecule has 0 aliphatic heterocycles.